The van der Waals surface area contributed by atoms with E-state index in [1.54, 1.807) is 0 Å². The number of nitrogen functional groups attached to an aromatic ring is 1. The van der Waals surface area contributed by atoms with Crippen LogP contribution in [0.4, 0.5) is 16.2 Å². The molecule has 0 aliphatic carbocycles. The van der Waals surface area contributed by atoms with Crippen molar-refractivity contribution in [2.24, 2.45) is 11.8 Å². The molecule has 6 aliphatic heterocycles. The van der Waals surface area contributed by atoms with Gasteiger partial charge in [0.25, 0.3) is 0 Å². The molecular weight excluding hydrogens is 626 g/mol. The maximum absolute atomic E-state index is 14.2. The summed E-state index contributed by atoms with van der Waals surface area (Å²) in [7, 11) is 0. The first-order chi connectivity index (χ1) is 23.2. The predicted molar refractivity (Wildman–Crippen MR) is 189 cm³/mol. The molecule has 0 aromatic heterocycles. The number of carbonyl (C=O) groups is 3. The van der Waals surface area contributed by atoms with E-state index in [1.807, 2.05) is 52.0 Å². The molecule has 2 aromatic carbocycles. The smallest absolute Gasteiger partial charge is 0.322 e. The Morgan fingerprint density at radius 3 is 2.31 bits per heavy atom. The van der Waals surface area contributed by atoms with E-state index in [4.69, 9.17) is 17.3 Å². The Labute approximate surface area is 289 Å². The monoisotopic (exact) mass is 675 g/mol. The number of likely N-dealkylation sites (tertiary alicyclic amines) is 1. The van der Waals surface area contributed by atoms with Crippen molar-refractivity contribution in [3.05, 3.63) is 58.1 Å². The maximum Gasteiger partial charge on any atom is 0.322 e. The van der Waals surface area contributed by atoms with Crippen molar-refractivity contribution in [1.29, 1.82) is 0 Å². The molecule has 48 heavy (non-hydrogen) atoms. The average Bonchev–Trinajstić information content (AvgIpc) is 3.28. The van der Waals surface area contributed by atoms with Crippen LogP contribution in [0.5, 0.6) is 0 Å². The third-order valence-corrected chi connectivity index (χ3v) is 12.0. The SMILES string of the molecule is Cc1cc(C[C@@H](CC(=O)N2CCC(N3CCc4ccccc4NC3=O)CC2)C(=O)N2CCN(C3CC4CCN3CC4)CC2)cc(Cl)c1N. The van der Waals surface area contributed by atoms with Crippen LogP contribution in [-0.4, -0.2) is 113 Å². The third kappa shape index (κ3) is 7.03. The summed E-state index contributed by atoms with van der Waals surface area (Å²) < 4.78 is 0. The number of rotatable bonds is 7. The number of nitrogens with two attached hydrogens (primary N) is 1. The number of nitrogens with one attached hydrogen (secondary N) is 1. The minimum absolute atomic E-state index is 0.00227. The van der Waals surface area contributed by atoms with E-state index < -0.39 is 5.92 Å². The van der Waals surface area contributed by atoms with Crippen molar-refractivity contribution in [3.63, 3.8) is 0 Å². The molecule has 4 amide bonds. The van der Waals surface area contributed by atoms with Crippen molar-refractivity contribution in [3.8, 4) is 0 Å². The number of benzene rings is 2. The van der Waals surface area contributed by atoms with E-state index in [0.717, 1.165) is 60.6 Å². The number of urea groups is 1. The van der Waals surface area contributed by atoms with Crippen molar-refractivity contribution in [2.75, 3.05) is 70.0 Å². The minimum Gasteiger partial charge on any atom is -0.397 e. The standard InChI is InChI=1S/C37H50ClN7O3/c1-25-20-27(22-31(38)35(25)39)21-29(36(47)44-18-16-42(17-19-44)33-23-26-6-11-41(33)12-7-26)24-34(46)43-13-9-30(10-14-43)45-15-8-28-4-2-3-5-32(28)40-37(45)48/h2-5,20,22,26,29-30,33H,6-19,21,23-24,39H2,1H3,(H,40,48)/t29-,33?/m0/s1. The number of hydrogen-bond acceptors (Lipinski definition) is 6. The number of anilines is 2. The van der Waals surface area contributed by atoms with Gasteiger partial charge in [-0.05, 0) is 99.7 Å². The van der Waals surface area contributed by atoms with Gasteiger partial charge in [0.05, 0.1) is 22.8 Å². The molecule has 6 aliphatic rings. The first kappa shape index (κ1) is 33.2. The van der Waals surface area contributed by atoms with Crippen molar-refractivity contribution in [1.82, 2.24) is 24.5 Å². The molecule has 11 heteroatoms. The number of para-hydroxylation sites is 1. The molecule has 2 atom stereocenters. The average molecular weight is 676 g/mol. The van der Waals surface area contributed by atoms with E-state index in [-0.39, 0.29) is 30.3 Å². The van der Waals surface area contributed by atoms with E-state index >= 15 is 0 Å². The fourth-order valence-corrected chi connectivity index (χ4v) is 9.08. The third-order valence-electron chi connectivity index (χ3n) is 11.7. The normalized spacial score (nSPS) is 25.8. The predicted octanol–water partition coefficient (Wildman–Crippen LogP) is 4.45. The molecule has 1 unspecified atom stereocenters. The number of fused-ring (bicyclic) bond motifs is 4. The van der Waals surface area contributed by atoms with Crippen LogP contribution < -0.4 is 11.1 Å². The number of piperidine rings is 4. The van der Waals surface area contributed by atoms with Crippen LogP contribution in [0.3, 0.4) is 0 Å². The molecule has 3 N–H and O–H groups in total. The Kier molecular flexibility index (Phi) is 9.85. The van der Waals surface area contributed by atoms with Gasteiger partial charge in [-0.25, -0.2) is 4.79 Å². The van der Waals surface area contributed by atoms with Gasteiger partial charge in [-0.3, -0.25) is 19.4 Å². The lowest BCUT2D eigenvalue weighted by Gasteiger charge is -2.51. The van der Waals surface area contributed by atoms with Crippen LogP contribution in [0.15, 0.2) is 36.4 Å². The first-order valence-electron chi connectivity index (χ1n) is 18.0. The van der Waals surface area contributed by atoms with Crippen LogP contribution in [0.25, 0.3) is 0 Å². The van der Waals surface area contributed by atoms with Crippen LogP contribution in [0, 0.1) is 18.8 Å². The van der Waals surface area contributed by atoms with Crippen molar-refractivity contribution >= 4 is 40.8 Å². The van der Waals surface area contributed by atoms with Gasteiger partial charge in [-0.2, -0.15) is 0 Å². The van der Waals surface area contributed by atoms with Crippen LogP contribution in [0.2, 0.25) is 5.02 Å². The molecule has 0 radical (unpaired) electrons. The molecule has 6 heterocycles. The highest BCUT2D eigenvalue weighted by molar-refractivity contribution is 6.33. The van der Waals surface area contributed by atoms with Gasteiger partial charge in [0.1, 0.15) is 0 Å². The van der Waals surface area contributed by atoms with Crippen LogP contribution >= 0.6 is 11.6 Å². The second-order valence-corrected chi connectivity index (χ2v) is 15.0. The first-order valence-corrected chi connectivity index (χ1v) is 18.4. The van der Waals surface area contributed by atoms with E-state index in [9.17, 15) is 14.4 Å². The number of hydrogen-bond donors (Lipinski definition) is 2. The maximum atomic E-state index is 14.2. The molecular formula is C37H50ClN7O3. The summed E-state index contributed by atoms with van der Waals surface area (Å²) in [6.45, 7) is 9.24. The zero-order chi connectivity index (χ0) is 33.4. The summed E-state index contributed by atoms with van der Waals surface area (Å²) in [6.07, 6.45) is 7.24. The van der Waals surface area contributed by atoms with Gasteiger partial charge < -0.3 is 25.8 Å². The largest absolute Gasteiger partial charge is 0.397 e. The van der Waals surface area contributed by atoms with Crippen molar-refractivity contribution < 1.29 is 14.4 Å². The lowest BCUT2D eigenvalue weighted by atomic mass is 9.85. The zero-order valence-corrected chi connectivity index (χ0v) is 29.0. The van der Waals surface area contributed by atoms with E-state index in [0.29, 0.717) is 56.0 Å². The lowest BCUT2D eigenvalue weighted by Crippen LogP contribution is -2.61. The molecule has 10 nitrogen and oxygen atoms in total. The molecule has 0 saturated carbocycles. The fraction of sp³-hybridized carbons (Fsp3) is 0.595. The topological polar surface area (TPSA) is 105 Å². The molecule has 258 valence electrons. The summed E-state index contributed by atoms with van der Waals surface area (Å²) in [5, 5.41) is 3.56. The second-order valence-electron chi connectivity index (χ2n) is 14.6. The van der Waals surface area contributed by atoms with Gasteiger partial charge in [0.15, 0.2) is 0 Å². The highest BCUT2D eigenvalue weighted by Crippen LogP contribution is 2.34. The van der Waals surface area contributed by atoms with Gasteiger partial charge in [-0.1, -0.05) is 35.9 Å². The Morgan fingerprint density at radius 2 is 1.62 bits per heavy atom. The Morgan fingerprint density at radius 1 is 0.917 bits per heavy atom. The molecule has 8 rings (SSSR count). The summed E-state index contributed by atoms with van der Waals surface area (Å²) in [6, 6.07) is 11.8. The molecule has 2 bridgehead atoms. The van der Waals surface area contributed by atoms with Gasteiger partial charge in [0, 0.05) is 64.0 Å². The van der Waals surface area contributed by atoms with Gasteiger partial charge >= 0.3 is 6.03 Å². The second kappa shape index (κ2) is 14.3. The lowest BCUT2D eigenvalue weighted by molar-refractivity contribution is -0.144. The van der Waals surface area contributed by atoms with E-state index in [1.165, 1.54) is 32.4 Å². The van der Waals surface area contributed by atoms with Crippen LogP contribution in [0.1, 0.15) is 55.2 Å². The summed E-state index contributed by atoms with van der Waals surface area (Å²) in [4.78, 5) is 52.2. The Hall–Kier alpha value is -3.34. The fourth-order valence-electron chi connectivity index (χ4n) is 8.79. The Bertz CT molecular complexity index is 1490. The highest BCUT2D eigenvalue weighted by atomic mass is 35.5. The van der Waals surface area contributed by atoms with E-state index in [2.05, 4.69) is 21.2 Å². The highest BCUT2D eigenvalue weighted by Gasteiger charge is 2.39. The van der Waals surface area contributed by atoms with Gasteiger partial charge in [-0.15, -0.1) is 0 Å². The summed E-state index contributed by atoms with van der Waals surface area (Å²) in [5.41, 5.74) is 10.5. The Balaban J connectivity index is 0.986. The quantitative estimate of drug-likeness (QED) is 0.421. The molecule has 5 saturated heterocycles. The minimum atomic E-state index is -0.481. The summed E-state index contributed by atoms with van der Waals surface area (Å²) >= 11 is 6.46. The summed E-state index contributed by atoms with van der Waals surface area (Å²) in [5.74, 6) is 0.413. The van der Waals surface area contributed by atoms with Crippen LogP contribution in [-0.2, 0) is 22.4 Å². The number of carbonyl (C=O) groups excluding carboxylic acids is 3. The molecule has 0 spiro atoms. The molecule has 2 aromatic rings. The number of halogens is 1. The number of aryl methyl sites for hydroxylation is 1. The number of nitrogens with zero attached hydrogens (tertiary/aromatic N) is 5. The zero-order valence-electron chi connectivity index (χ0n) is 28.2. The molecule has 5 fully saturated rings. The number of piperazine rings is 1. The van der Waals surface area contributed by atoms with Crippen molar-refractivity contribution in [2.45, 2.75) is 70.5 Å². The number of amides is 4. The van der Waals surface area contributed by atoms with Gasteiger partial charge in [0.2, 0.25) is 11.8 Å².